The molecule has 21 heavy (non-hydrogen) atoms. The van der Waals surface area contributed by atoms with E-state index in [-0.39, 0.29) is 11.9 Å². The molecule has 1 aromatic carbocycles. The van der Waals surface area contributed by atoms with Crippen molar-refractivity contribution in [2.24, 2.45) is 0 Å². The zero-order chi connectivity index (χ0) is 15.7. The minimum absolute atomic E-state index is 0.0937. The van der Waals surface area contributed by atoms with E-state index in [1.54, 1.807) is 0 Å². The SMILES string of the molecule is CCOc1ccc(CCC(=O)N[C@H](C)CC)cc1OCC. The van der Waals surface area contributed by atoms with Crippen molar-refractivity contribution in [2.45, 2.75) is 53.0 Å². The highest BCUT2D eigenvalue weighted by atomic mass is 16.5. The average molecular weight is 293 g/mol. The van der Waals surface area contributed by atoms with E-state index in [0.29, 0.717) is 26.1 Å². The van der Waals surface area contributed by atoms with Crippen molar-refractivity contribution in [2.75, 3.05) is 13.2 Å². The van der Waals surface area contributed by atoms with Gasteiger partial charge in [0, 0.05) is 12.5 Å². The van der Waals surface area contributed by atoms with Crippen LogP contribution in [-0.4, -0.2) is 25.2 Å². The molecule has 4 nitrogen and oxygen atoms in total. The lowest BCUT2D eigenvalue weighted by Crippen LogP contribution is -2.31. The molecule has 1 N–H and O–H groups in total. The number of nitrogens with one attached hydrogen (secondary N) is 1. The van der Waals surface area contributed by atoms with E-state index in [0.717, 1.165) is 23.5 Å². The lowest BCUT2D eigenvalue weighted by molar-refractivity contribution is -0.121. The van der Waals surface area contributed by atoms with Crippen LogP contribution in [-0.2, 0) is 11.2 Å². The van der Waals surface area contributed by atoms with Crippen LogP contribution < -0.4 is 14.8 Å². The smallest absolute Gasteiger partial charge is 0.220 e. The first-order valence-electron chi connectivity index (χ1n) is 7.78. The summed E-state index contributed by atoms with van der Waals surface area (Å²) in [7, 11) is 0. The van der Waals surface area contributed by atoms with Crippen LogP contribution in [0.2, 0.25) is 0 Å². The van der Waals surface area contributed by atoms with Gasteiger partial charge in [-0.15, -0.1) is 0 Å². The van der Waals surface area contributed by atoms with Gasteiger partial charge >= 0.3 is 0 Å². The molecule has 0 aliphatic heterocycles. The molecule has 1 rings (SSSR count). The van der Waals surface area contributed by atoms with Crippen LogP contribution in [0.25, 0.3) is 0 Å². The van der Waals surface area contributed by atoms with E-state index in [2.05, 4.69) is 12.2 Å². The summed E-state index contributed by atoms with van der Waals surface area (Å²) in [6.45, 7) is 9.17. The molecular weight excluding hydrogens is 266 g/mol. The fourth-order valence-electron chi connectivity index (χ4n) is 1.96. The summed E-state index contributed by atoms with van der Waals surface area (Å²) in [5.41, 5.74) is 1.08. The molecule has 1 aromatic rings. The third-order valence-corrected chi connectivity index (χ3v) is 3.27. The molecule has 0 unspecified atom stereocenters. The molecule has 0 saturated carbocycles. The summed E-state index contributed by atoms with van der Waals surface area (Å²) < 4.78 is 11.1. The van der Waals surface area contributed by atoms with Gasteiger partial charge in [0.1, 0.15) is 0 Å². The molecule has 0 radical (unpaired) electrons. The van der Waals surface area contributed by atoms with Crippen LogP contribution in [0.1, 0.15) is 46.1 Å². The van der Waals surface area contributed by atoms with Gasteiger partial charge < -0.3 is 14.8 Å². The molecule has 0 heterocycles. The van der Waals surface area contributed by atoms with Crippen molar-refractivity contribution < 1.29 is 14.3 Å². The summed E-state index contributed by atoms with van der Waals surface area (Å²) in [5, 5.41) is 2.98. The first-order valence-corrected chi connectivity index (χ1v) is 7.78. The summed E-state index contributed by atoms with van der Waals surface area (Å²) in [4.78, 5) is 11.8. The van der Waals surface area contributed by atoms with Gasteiger partial charge in [0.25, 0.3) is 0 Å². The molecule has 0 fully saturated rings. The molecule has 0 aromatic heterocycles. The first-order chi connectivity index (χ1) is 10.1. The number of aryl methyl sites for hydroxylation is 1. The number of ether oxygens (including phenoxy) is 2. The van der Waals surface area contributed by atoms with Gasteiger partial charge in [0.05, 0.1) is 13.2 Å². The maximum atomic E-state index is 11.8. The molecule has 4 heteroatoms. The Kier molecular flexibility index (Phi) is 7.65. The van der Waals surface area contributed by atoms with Crippen LogP contribution in [0.3, 0.4) is 0 Å². The molecule has 0 spiro atoms. The van der Waals surface area contributed by atoms with Gasteiger partial charge in [-0.3, -0.25) is 4.79 Å². The molecule has 1 atom stereocenters. The van der Waals surface area contributed by atoms with Gasteiger partial charge in [-0.25, -0.2) is 0 Å². The first kappa shape index (κ1) is 17.3. The Labute approximate surface area is 127 Å². The third kappa shape index (κ3) is 6.06. The quantitative estimate of drug-likeness (QED) is 0.759. The minimum atomic E-state index is 0.0937. The lowest BCUT2D eigenvalue weighted by atomic mass is 10.1. The maximum absolute atomic E-state index is 11.8. The Morgan fingerprint density at radius 2 is 1.81 bits per heavy atom. The summed E-state index contributed by atoms with van der Waals surface area (Å²) in [6, 6.07) is 6.10. The Morgan fingerprint density at radius 1 is 1.14 bits per heavy atom. The number of benzene rings is 1. The molecular formula is C17H27NO3. The normalized spacial score (nSPS) is 11.8. The Bertz CT molecular complexity index is 446. The molecule has 1 amide bonds. The fourth-order valence-corrected chi connectivity index (χ4v) is 1.96. The molecule has 0 aliphatic rings. The van der Waals surface area contributed by atoms with Crippen molar-refractivity contribution in [3.05, 3.63) is 23.8 Å². The Morgan fingerprint density at radius 3 is 2.43 bits per heavy atom. The van der Waals surface area contributed by atoms with Crippen LogP contribution in [0.4, 0.5) is 0 Å². The van der Waals surface area contributed by atoms with Gasteiger partial charge in [-0.1, -0.05) is 13.0 Å². The number of carbonyl (C=O) groups excluding carboxylic acids is 1. The van der Waals surface area contributed by atoms with E-state index in [1.165, 1.54) is 0 Å². The molecule has 0 bridgehead atoms. The predicted molar refractivity (Wildman–Crippen MR) is 85.0 cm³/mol. The summed E-state index contributed by atoms with van der Waals surface area (Å²) >= 11 is 0. The number of hydrogen-bond acceptors (Lipinski definition) is 3. The highest BCUT2D eigenvalue weighted by Crippen LogP contribution is 2.28. The summed E-state index contributed by atoms with van der Waals surface area (Å²) in [5.74, 6) is 1.60. The summed E-state index contributed by atoms with van der Waals surface area (Å²) in [6.07, 6.45) is 2.14. The lowest BCUT2D eigenvalue weighted by Gasteiger charge is -2.13. The second-order valence-electron chi connectivity index (χ2n) is 5.02. The van der Waals surface area contributed by atoms with Gasteiger partial charge in [0.2, 0.25) is 5.91 Å². The largest absolute Gasteiger partial charge is 0.490 e. The number of amides is 1. The monoisotopic (exact) mass is 293 g/mol. The van der Waals surface area contributed by atoms with E-state index < -0.39 is 0 Å². The number of rotatable bonds is 9. The van der Waals surface area contributed by atoms with Crippen LogP contribution >= 0.6 is 0 Å². The van der Waals surface area contributed by atoms with Crippen molar-refractivity contribution in [3.8, 4) is 11.5 Å². The van der Waals surface area contributed by atoms with Gasteiger partial charge in [0.15, 0.2) is 11.5 Å². The van der Waals surface area contributed by atoms with Gasteiger partial charge in [-0.05, 0) is 51.3 Å². The van der Waals surface area contributed by atoms with E-state index in [9.17, 15) is 4.79 Å². The second-order valence-corrected chi connectivity index (χ2v) is 5.02. The zero-order valence-electron chi connectivity index (χ0n) is 13.6. The average Bonchev–Trinajstić information content (AvgIpc) is 2.47. The molecule has 0 aliphatic carbocycles. The van der Waals surface area contributed by atoms with Crippen LogP contribution in [0.15, 0.2) is 18.2 Å². The third-order valence-electron chi connectivity index (χ3n) is 3.27. The predicted octanol–water partition coefficient (Wildman–Crippen LogP) is 3.33. The molecule has 118 valence electrons. The Hall–Kier alpha value is -1.71. The van der Waals surface area contributed by atoms with Crippen molar-refractivity contribution >= 4 is 5.91 Å². The fraction of sp³-hybridized carbons (Fsp3) is 0.588. The Balaban J connectivity index is 2.62. The highest BCUT2D eigenvalue weighted by Gasteiger charge is 2.09. The van der Waals surface area contributed by atoms with E-state index in [1.807, 2.05) is 39.0 Å². The number of hydrogen-bond donors (Lipinski definition) is 1. The van der Waals surface area contributed by atoms with Crippen molar-refractivity contribution in [3.63, 3.8) is 0 Å². The van der Waals surface area contributed by atoms with Gasteiger partial charge in [-0.2, -0.15) is 0 Å². The standard InChI is InChI=1S/C17H27NO3/c1-5-13(4)18-17(19)11-9-14-8-10-15(20-6-2)16(12-14)21-7-3/h8,10,12-13H,5-7,9,11H2,1-4H3,(H,18,19)/t13-/m1/s1. The van der Waals surface area contributed by atoms with Crippen LogP contribution in [0, 0.1) is 0 Å². The molecule has 0 saturated heterocycles. The topological polar surface area (TPSA) is 47.6 Å². The van der Waals surface area contributed by atoms with Crippen molar-refractivity contribution in [1.29, 1.82) is 0 Å². The van der Waals surface area contributed by atoms with Crippen LogP contribution in [0.5, 0.6) is 11.5 Å². The second kappa shape index (κ2) is 9.27. The maximum Gasteiger partial charge on any atom is 0.220 e. The zero-order valence-corrected chi connectivity index (χ0v) is 13.6. The highest BCUT2D eigenvalue weighted by molar-refractivity contribution is 5.76. The minimum Gasteiger partial charge on any atom is -0.490 e. The van der Waals surface area contributed by atoms with E-state index >= 15 is 0 Å². The van der Waals surface area contributed by atoms with Crippen molar-refractivity contribution in [1.82, 2.24) is 5.32 Å². The van der Waals surface area contributed by atoms with E-state index in [4.69, 9.17) is 9.47 Å². The number of carbonyl (C=O) groups is 1.